The third-order valence-corrected chi connectivity index (χ3v) is 4.21. The third-order valence-electron chi connectivity index (χ3n) is 4.12. The van der Waals surface area contributed by atoms with Crippen molar-refractivity contribution in [1.82, 2.24) is 5.32 Å². The van der Waals surface area contributed by atoms with Crippen LogP contribution >= 0.6 is 12.2 Å². The van der Waals surface area contributed by atoms with Crippen molar-refractivity contribution in [3.8, 4) is 0 Å². The molecular weight excluding hydrogens is 294 g/mol. The van der Waals surface area contributed by atoms with E-state index in [-0.39, 0.29) is 11.8 Å². The number of benzene rings is 1. The van der Waals surface area contributed by atoms with Gasteiger partial charge in [0.05, 0.1) is 22.4 Å². The molecule has 0 aliphatic heterocycles. The molecule has 4 nitrogen and oxygen atoms in total. The minimum atomic E-state index is -0.484. The lowest BCUT2D eigenvalue weighted by Crippen LogP contribution is -2.52. The van der Waals surface area contributed by atoms with Gasteiger partial charge in [0.1, 0.15) is 0 Å². The summed E-state index contributed by atoms with van der Waals surface area (Å²) in [5.41, 5.74) is 7.21. The zero-order valence-electron chi connectivity index (χ0n) is 13.7. The summed E-state index contributed by atoms with van der Waals surface area (Å²) in [6.45, 7) is 8.19. The number of isothiocyanates is 1. The zero-order valence-corrected chi connectivity index (χ0v) is 14.5. The topological polar surface area (TPSA) is 67.5 Å². The van der Waals surface area contributed by atoms with Crippen molar-refractivity contribution in [1.29, 1.82) is 0 Å². The number of carbonyl (C=O) groups is 1. The van der Waals surface area contributed by atoms with Crippen LogP contribution in [0.25, 0.3) is 0 Å². The van der Waals surface area contributed by atoms with E-state index in [0.29, 0.717) is 6.42 Å². The summed E-state index contributed by atoms with van der Waals surface area (Å²) in [6, 6.07) is 7.18. The Bertz CT molecular complexity index is 550. The summed E-state index contributed by atoms with van der Waals surface area (Å²) in [5.74, 6) is 0.101. The highest BCUT2D eigenvalue weighted by atomic mass is 32.1. The quantitative estimate of drug-likeness (QED) is 0.597. The first-order valence-electron chi connectivity index (χ1n) is 7.61. The molecule has 1 rings (SSSR count). The first kappa shape index (κ1) is 18.5. The van der Waals surface area contributed by atoms with Crippen molar-refractivity contribution in [2.24, 2.45) is 16.6 Å². The standard InChI is InChI=1S/C17H25N3OS/c1-5-6-15(18)16(21)20-17(4,12(2)3)13-7-9-14(10-8-13)19-11-22/h7-10,12,15H,5-6,18H2,1-4H3,(H,20,21). The molecule has 120 valence electrons. The van der Waals surface area contributed by atoms with E-state index in [9.17, 15) is 4.79 Å². The lowest BCUT2D eigenvalue weighted by molar-refractivity contribution is -0.125. The molecule has 1 aromatic rings. The predicted octanol–water partition coefficient (Wildman–Crippen LogP) is 3.54. The van der Waals surface area contributed by atoms with Gasteiger partial charge in [0, 0.05) is 0 Å². The summed E-state index contributed by atoms with van der Waals surface area (Å²) in [7, 11) is 0. The van der Waals surface area contributed by atoms with Crippen molar-refractivity contribution in [2.75, 3.05) is 0 Å². The molecule has 1 amide bonds. The molecule has 0 aliphatic carbocycles. The number of nitrogens with one attached hydrogen (secondary N) is 1. The molecule has 0 heterocycles. The lowest BCUT2D eigenvalue weighted by Gasteiger charge is -2.36. The van der Waals surface area contributed by atoms with Gasteiger partial charge in [0.25, 0.3) is 0 Å². The Balaban J connectivity index is 3.04. The lowest BCUT2D eigenvalue weighted by atomic mass is 9.81. The zero-order chi connectivity index (χ0) is 16.8. The molecule has 0 bridgehead atoms. The van der Waals surface area contributed by atoms with Gasteiger partial charge in [-0.1, -0.05) is 39.3 Å². The number of nitrogens with zero attached hydrogens (tertiary/aromatic N) is 1. The maximum atomic E-state index is 12.3. The number of nitrogens with two attached hydrogens (primary N) is 1. The molecule has 1 aromatic carbocycles. The number of aliphatic imine (C=N–C) groups is 1. The summed E-state index contributed by atoms with van der Waals surface area (Å²) in [6.07, 6.45) is 1.57. The van der Waals surface area contributed by atoms with Gasteiger partial charge in [0.2, 0.25) is 5.91 Å². The van der Waals surface area contributed by atoms with E-state index in [4.69, 9.17) is 5.73 Å². The molecule has 2 atom stereocenters. The highest BCUT2D eigenvalue weighted by Crippen LogP contribution is 2.30. The molecule has 0 aliphatic rings. The average Bonchev–Trinajstić information content (AvgIpc) is 2.48. The van der Waals surface area contributed by atoms with E-state index in [1.807, 2.05) is 38.1 Å². The highest BCUT2D eigenvalue weighted by Gasteiger charge is 2.33. The van der Waals surface area contributed by atoms with Crippen LogP contribution in [-0.2, 0) is 10.3 Å². The van der Waals surface area contributed by atoms with Crippen LogP contribution in [0.4, 0.5) is 5.69 Å². The van der Waals surface area contributed by atoms with Crippen LogP contribution in [0.3, 0.4) is 0 Å². The molecule has 0 radical (unpaired) electrons. The van der Waals surface area contributed by atoms with Crippen molar-refractivity contribution in [3.63, 3.8) is 0 Å². The molecule has 0 aromatic heterocycles. The molecule has 3 N–H and O–H groups in total. The normalized spacial score (nSPS) is 14.8. The minimum Gasteiger partial charge on any atom is -0.345 e. The van der Waals surface area contributed by atoms with Crippen molar-refractivity contribution >= 4 is 29.0 Å². The van der Waals surface area contributed by atoms with E-state index in [2.05, 4.69) is 41.5 Å². The van der Waals surface area contributed by atoms with E-state index in [1.165, 1.54) is 0 Å². The van der Waals surface area contributed by atoms with Gasteiger partial charge in [-0.2, -0.15) is 4.99 Å². The fourth-order valence-corrected chi connectivity index (χ4v) is 2.38. The SMILES string of the molecule is CCCC(N)C(=O)NC(C)(c1ccc(N=C=S)cc1)C(C)C. The van der Waals surface area contributed by atoms with Gasteiger partial charge in [-0.25, -0.2) is 0 Å². The smallest absolute Gasteiger partial charge is 0.237 e. The molecule has 22 heavy (non-hydrogen) atoms. The Morgan fingerprint density at radius 1 is 1.41 bits per heavy atom. The number of hydrogen-bond acceptors (Lipinski definition) is 4. The van der Waals surface area contributed by atoms with Gasteiger partial charge >= 0.3 is 0 Å². The average molecular weight is 319 g/mol. The molecule has 2 unspecified atom stereocenters. The van der Waals surface area contributed by atoms with E-state index in [0.717, 1.165) is 17.7 Å². The maximum Gasteiger partial charge on any atom is 0.237 e. The number of hydrogen-bond donors (Lipinski definition) is 2. The third kappa shape index (κ3) is 4.47. The number of rotatable bonds is 7. The van der Waals surface area contributed by atoms with E-state index < -0.39 is 11.6 Å². The first-order chi connectivity index (χ1) is 10.3. The van der Waals surface area contributed by atoms with Crippen LogP contribution in [0.5, 0.6) is 0 Å². The molecule has 0 fully saturated rings. The van der Waals surface area contributed by atoms with Gasteiger partial charge in [-0.05, 0) is 49.2 Å². The number of carbonyl (C=O) groups excluding carboxylic acids is 1. The maximum absolute atomic E-state index is 12.3. The summed E-state index contributed by atoms with van der Waals surface area (Å²) >= 11 is 4.60. The largest absolute Gasteiger partial charge is 0.345 e. The molecule has 0 spiro atoms. The molecule has 5 heteroatoms. The Morgan fingerprint density at radius 2 is 2.00 bits per heavy atom. The summed E-state index contributed by atoms with van der Waals surface area (Å²) < 4.78 is 0. The fraction of sp³-hybridized carbons (Fsp3) is 0.529. The molecule has 0 saturated heterocycles. The number of thiocarbonyl (C=S) groups is 1. The monoisotopic (exact) mass is 319 g/mol. The summed E-state index contributed by atoms with van der Waals surface area (Å²) in [5, 5.41) is 5.46. The van der Waals surface area contributed by atoms with Crippen molar-refractivity contribution < 1.29 is 4.79 Å². The second kappa shape index (κ2) is 8.18. The van der Waals surface area contributed by atoms with Crippen LogP contribution in [0.1, 0.15) is 46.1 Å². The Labute approximate surface area is 138 Å². The van der Waals surface area contributed by atoms with Gasteiger partial charge in [-0.3, -0.25) is 4.79 Å². The Kier molecular flexibility index (Phi) is 6.88. The predicted molar refractivity (Wildman–Crippen MR) is 94.3 cm³/mol. The molecule has 0 saturated carbocycles. The second-order valence-corrected chi connectivity index (χ2v) is 6.17. The van der Waals surface area contributed by atoms with Gasteiger partial charge in [0.15, 0.2) is 0 Å². The highest BCUT2D eigenvalue weighted by molar-refractivity contribution is 7.78. The minimum absolute atomic E-state index is 0.112. The van der Waals surface area contributed by atoms with Crippen molar-refractivity contribution in [3.05, 3.63) is 29.8 Å². The Morgan fingerprint density at radius 3 is 2.45 bits per heavy atom. The Hall–Kier alpha value is -1.55. The van der Waals surface area contributed by atoms with Crippen LogP contribution in [0.15, 0.2) is 29.3 Å². The van der Waals surface area contributed by atoms with Gasteiger partial charge < -0.3 is 11.1 Å². The second-order valence-electron chi connectivity index (χ2n) is 5.99. The van der Waals surface area contributed by atoms with E-state index >= 15 is 0 Å². The number of amides is 1. The van der Waals surface area contributed by atoms with Crippen LogP contribution in [-0.4, -0.2) is 17.1 Å². The summed E-state index contributed by atoms with van der Waals surface area (Å²) in [4.78, 5) is 16.3. The van der Waals surface area contributed by atoms with Crippen LogP contribution in [0.2, 0.25) is 0 Å². The molecular formula is C17H25N3OS. The van der Waals surface area contributed by atoms with Crippen LogP contribution < -0.4 is 11.1 Å². The fourth-order valence-electron chi connectivity index (χ4n) is 2.28. The van der Waals surface area contributed by atoms with Gasteiger partial charge in [-0.15, -0.1) is 0 Å². The van der Waals surface area contributed by atoms with Crippen LogP contribution in [0, 0.1) is 5.92 Å². The van der Waals surface area contributed by atoms with E-state index in [1.54, 1.807) is 0 Å². The van der Waals surface area contributed by atoms with Crippen molar-refractivity contribution in [2.45, 2.75) is 52.1 Å². The first-order valence-corrected chi connectivity index (χ1v) is 8.02.